The number of likely N-dealkylation sites (N-methyl/N-ethyl adjacent to an activating group) is 1. The number of hydrogen-bond acceptors (Lipinski definition) is 3. The Hall–Kier alpha value is -4.25. The molecule has 0 fully saturated rings. The Bertz CT molecular complexity index is 1620. The van der Waals surface area contributed by atoms with Gasteiger partial charge in [0.15, 0.2) is 5.71 Å². The second kappa shape index (κ2) is 8.63. The lowest BCUT2D eigenvalue weighted by atomic mass is 9.81. The van der Waals surface area contributed by atoms with Crippen LogP contribution in [0.25, 0.3) is 0 Å². The molecule has 0 atom stereocenters. The van der Waals surface area contributed by atoms with Crippen LogP contribution in [0.4, 0.5) is 11.4 Å². The molecular formula is C34H34N3O2+. The number of para-hydroxylation sites is 1. The van der Waals surface area contributed by atoms with Crippen LogP contribution in [-0.4, -0.2) is 41.1 Å². The van der Waals surface area contributed by atoms with Gasteiger partial charge in [-0.05, 0) is 49.2 Å². The molecule has 0 saturated heterocycles. The van der Waals surface area contributed by atoms with Crippen molar-refractivity contribution in [2.24, 2.45) is 0 Å². The number of fused-ring (bicyclic) bond motifs is 3. The molecular weight excluding hydrogens is 482 g/mol. The summed E-state index contributed by atoms with van der Waals surface area (Å²) in [7, 11) is 4.24. The van der Waals surface area contributed by atoms with Crippen molar-refractivity contribution in [3.63, 3.8) is 0 Å². The molecule has 0 spiro atoms. The number of rotatable bonds is 4. The highest BCUT2D eigenvalue weighted by Crippen LogP contribution is 2.47. The number of allylic oxidation sites excluding steroid dienone is 4. The first-order valence-electron chi connectivity index (χ1n) is 13.5. The molecule has 39 heavy (non-hydrogen) atoms. The standard InChI is InChI=1S/C34H34N3O2/c1-33(2)25-14-9-10-15-27(25)35(5)29(33)16-11-17-30-34(3,4)26-20-22(18-19-28(26)36(30)6)21-37-31(38)23-12-7-8-13-24(23)32(37)39/h7-20H,21H2,1-6H3/q+1. The van der Waals surface area contributed by atoms with Crippen LogP contribution in [0.3, 0.4) is 0 Å². The maximum atomic E-state index is 12.9. The largest absolute Gasteiger partial charge is 0.347 e. The molecule has 2 amide bonds. The van der Waals surface area contributed by atoms with Crippen molar-refractivity contribution in [1.29, 1.82) is 0 Å². The van der Waals surface area contributed by atoms with Gasteiger partial charge in [0.05, 0.1) is 23.1 Å². The molecule has 0 unspecified atom stereocenters. The van der Waals surface area contributed by atoms with Crippen LogP contribution < -0.4 is 4.90 Å². The van der Waals surface area contributed by atoms with Gasteiger partial charge in [-0.3, -0.25) is 14.5 Å². The fourth-order valence-electron chi connectivity index (χ4n) is 6.58. The summed E-state index contributed by atoms with van der Waals surface area (Å²) in [6.45, 7) is 9.28. The number of amides is 2. The number of hydrogen-bond donors (Lipinski definition) is 0. The monoisotopic (exact) mass is 516 g/mol. The van der Waals surface area contributed by atoms with Gasteiger partial charge >= 0.3 is 0 Å². The maximum absolute atomic E-state index is 12.9. The van der Waals surface area contributed by atoms with Crippen LogP contribution in [0.1, 0.15) is 65.1 Å². The zero-order valence-corrected chi connectivity index (χ0v) is 23.4. The molecule has 5 heteroatoms. The molecule has 3 heterocycles. The van der Waals surface area contributed by atoms with E-state index >= 15 is 0 Å². The number of carbonyl (C=O) groups is 2. The third-order valence-electron chi connectivity index (χ3n) is 8.76. The number of imide groups is 1. The van der Waals surface area contributed by atoms with Crippen molar-refractivity contribution in [3.8, 4) is 0 Å². The van der Waals surface area contributed by atoms with Gasteiger partial charge in [0.2, 0.25) is 5.69 Å². The lowest BCUT2D eigenvalue weighted by Crippen LogP contribution is -2.29. The Morgan fingerprint density at radius 3 is 2.13 bits per heavy atom. The Labute approximate surface area is 230 Å². The molecule has 0 N–H and O–H groups in total. The molecule has 5 nitrogen and oxygen atoms in total. The van der Waals surface area contributed by atoms with Gasteiger partial charge < -0.3 is 4.90 Å². The van der Waals surface area contributed by atoms with Crippen LogP contribution in [0.5, 0.6) is 0 Å². The van der Waals surface area contributed by atoms with Crippen molar-refractivity contribution in [2.45, 2.75) is 45.1 Å². The van der Waals surface area contributed by atoms with Gasteiger partial charge in [-0.2, -0.15) is 4.58 Å². The summed E-state index contributed by atoms with van der Waals surface area (Å²) in [6, 6.07) is 21.9. The molecule has 3 aliphatic rings. The van der Waals surface area contributed by atoms with Gasteiger partial charge in [0, 0.05) is 41.6 Å². The summed E-state index contributed by atoms with van der Waals surface area (Å²) in [4.78, 5) is 29.4. The van der Waals surface area contributed by atoms with E-state index in [-0.39, 0.29) is 29.2 Å². The van der Waals surface area contributed by atoms with Gasteiger partial charge in [-0.15, -0.1) is 0 Å². The second-order valence-electron chi connectivity index (χ2n) is 11.8. The molecule has 0 aromatic heterocycles. The fourth-order valence-corrected chi connectivity index (χ4v) is 6.58. The molecule has 0 radical (unpaired) electrons. The first-order chi connectivity index (χ1) is 18.5. The van der Waals surface area contributed by atoms with E-state index in [9.17, 15) is 9.59 Å². The van der Waals surface area contributed by atoms with Crippen LogP contribution in [0, 0.1) is 0 Å². The Balaban J connectivity index is 1.28. The minimum Gasteiger partial charge on any atom is -0.347 e. The third kappa shape index (κ3) is 3.63. The van der Waals surface area contributed by atoms with E-state index in [1.165, 1.54) is 33.1 Å². The van der Waals surface area contributed by atoms with E-state index in [0.29, 0.717) is 11.1 Å². The Morgan fingerprint density at radius 2 is 1.46 bits per heavy atom. The van der Waals surface area contributed by atoms with Crippen LogP contribution in [0.2, 0.25) is 0 Å². The number of carbonyl (C=O) groups excluding carboxylic acids is 2. The summed E-state index contributed by atoms with van der Waals surface area (Å²) >= 11 is 0. The molecule has 3 aliphatic heterocycles. The van der Waals surface area contributed by atoms with E-state index < -0.39 is 0 Å². The van der Waals surface area contributed by atoms with Crippen molar-refractivity contribution in [3.05, 3.63) is 118 Å². The quantitative estimate of drug-likeness (QED) is 0.300. The molecule has 196 valence electrons. The lowest BCUT2D eigenvalue weighted by molar-refractivity contribution is -0.401. The molecule has 3 aromatic carbocycles. The molecule has 0 saturated carbocycles. The van der Waals surface area contributed by atoms with Gasteiger partial charge in [0.1, 0.15) is 7.05 Å². The Kier molecular flexibility index (Phi) is 5.55. The minimum atomic E-state index is -0.239. The average Bonchev–Trinajstić information content (AvgIpc) is 3.36. The van der Waals surface area contributed by atoms with Crippen LogP contribution >= 0.6 is 0 Å². The molecule has 3 aromatic rings. The summed E-state index contributed by atoms with van der Waals surface area (Å²) in [5.74, 6) is -0.449. The normalized spacial score (nSPS) is 19.9. The first-order valence-corrected chi connectivity index (χ1v) is 13.5. The van der Waals surface area contributed by atoms with Crippen molar-refractivity contribution in [1.82, 2.24) is 4.90 Å². The van der Waals surface area contributed by atoms with Crippen molar-refractivity contribution in [2.75, 3.05) is 19.0 Å². The van der Waals surface area contributed by atoms with Crippen molar-refractivity contribution < 1.29 is 14.2 Å². The number of benzene rings is 3. The topological polar surface area (TPSA) is 43.6 Å². The highest BCUT2D eigenvalue weighted by molar-refractivity contribution is 6.21. The molecule has 0 aliphatic carbocycles. The predicted octanol–water partition coefficient (Wildman–Crippen LogP) is 6.36. The van der Waals surface area contributed by atoms with Crippen molar-refractivity contribution >= 4 is 28.9 Å². The molecule has 0 bridgehead atoms. The molecule has 6 rings (SSSR count). The van der Waals surface area contributed by atoms with Gasteiger partial charge in [-0.25, -0.2) is 0 Å². The smallest absolute Gasteiger partial charge is 0.261 e. The van der Waals surface area contributed by atoms with E-state index in [1.54, 1.807) is 24.3 Å². The predicted molar refractivity (Wildman–Crippen MR) is 156 cm³/mol. The van der Waals surface area contributed by atoms with Gasteiger partial charge in [-0.1, -0.05) is 62.4 Å². The fraction of sp³-hybridized carbons (Fsp3) is 0.265. The zero-order valence-electron chi connectivity index (χ0n) is 23.4. The highest BCUT2D eigenvalue weighted by atomic mass is 16.2. The third-order valence-corrected chi connectivity index (χ3v) is 8.76. The summed E-state index contributed by atoms with van der Waals surface area (Å²) < 4.78 is 2.29. The number of anilines is 1. The van der Waals surface area contributed by atoms with Crippen LogP contribution in [0.15, 0.2) is 90.7 Å². The SMILES string of the molecule is CN1/C(=C\C=C/C2=[N+](C)c3ccccc3C2(C)C)C(C)(C)c2cc(CN3C(=O)c4ccccc4C3=O)ccc21. The van der Waals surface area contributed by atoms with E-state index in [2.05, 4.69) is 106 Å². The second-order valence-corrected chi connectivity index (χ2v) is 11.8. The lowest BCUT2D eigenvalue weighted by Gasteiger charge is -2.24. The zero-order chi connectivity index (χ0) is 27.7. The highest BCUT2D eigenvalue weighted by Gasteiger charge is 2.43. The summed E-state index contributed by atoms with van der Waals surface area (Å²) in [5, 5.41) is 0. The van der Waals surface area contributed by atoms with E-state index in [4.69, 9.17) is 0 Å². The van der Waals surface area contributed by atoms with E-state index in [1.807, 2.05) is 6.07 Å². The maximum Gasteiger partial charge on any atom is 0.261 e. The summed E-state index contributed by atoms with van der Waals surface area (Å²) in [6.07, 6.45) is 6.61. The number of nitrogens with zero attached hydrogens (tertiary/aromatic N) is 3. The minimum absolute atomic E-state index is 0.0700. The Morgan fingerprint density at radius 1 is 0.821 bits per heavy atom. The average molecular weight is 517 g/mol. The first kappa shape index (κ1) is 25.1. The van der Waals surface area contributed by atoms with Crippen LogP contribution in [-0.2, 0) is 17.4 Å². The van der Waals surface area contributed by atoms with E-state index in [0.717, 1.165) is 11.3 Å². The summed E-state index contributed by atoms with van der Waals surface area (Å²) in [5.41, 5.74) is 9.00. The van der Waals surface area contributed by atoms with Gasteiger partial charge in [0.25, 0.3) is 11.8 Å².